The minimum atomic E-state index is -5.26. The van der Waals surface area contributed by atoms with E-state index in [-0.39, 0.29) is 40.9 Å². The second-order valence-electron chi connectivity index (χ2n) is 12.7. The molecule has 5 rings (SSSR count). The Hall–Kier alpha value is -3.68. The first kappa shape index (κ1) is 33.7. The molecule has 3 atom stereocenters. The average Bonchev–Trinajstić information content (AvgIpc) is 3.75. The van der Waals surface area contributed by atoms with Crippen LogP contribution in [0.2, 0.25) is 0 Å². The summed E-state index contributed by atoms with van der Waals surface area (Å²) < 4.78 is 90.8. The van der Waals surface area contributed by atoms with Crippen LogP contribution in [0.15, 0.2) is 54.6 Å². The summed E-state index contributed by atoms with van der Waals surface area (Å²) in [6, 6.07) is 11.6. The van der Waals surface area contributed by atoms with Gasteiger partial charge in [0.25, 0.3) is 5.91 Å². The fraction of sp³-hybridized carbons (Fsp3) is 0.424. The molecule has 3 N–H and O–H groups in total. The van der Waals surface area contributed by atoms with Gasteiger partial charge in [0.05, 0.1) is 41.0 Å². The SMILES string of the molecule is COc1cc(C(=O)NCC(O)(c2cc(-c3ccc(F)cc3)c3c(c2)C(C)(NS(=O)C(C)(C)C)CO3)C(F)(F)F)ccc1OC1CC1. The zero-order chi connectivity index (χ0) is 33.7. The number of fused-ring (bicyclic) bond motifs is 1. The quantitative estimate of drug-likeness (QED) is 0.234. The average molecular weight is 665 g/mol. The summed E-state index contributed by atoms with van der Waals surface area (Å²) in [7, 11) is -0.265. The third-order valence-corrected chi connectivity index (χ3v) is 9.66. The molecule has 3 aromatic carbocycles. The molecule has 1 saturated carbocycles. The van der Waals surface area contributed by atoms with E-state index in [9.17, 15) is 31.7 Å². The highest BCUT2D eigenvalue weighted by molar-refractivity contribution is 7.84. The molecule has 1 heterocycles. The van der Waals surface area contributed by atoms with Crippen LogP contribution in [0.1, 0.15) is 62.0 Å². The van der Waals surface area contributed by atoms with Crippen molar-refractivity contribution >= 4 is 16.9 Å². The summed E-state index contributed by atoms with van der Waals surface area (Å²) >= 11 is 0. The predicted molar refractivity (Wildman–Crippen MR) is 165 cm³/mol. The van der Waals surface area contributed by atoms with Crippen molar-refractivity contribution in [1.82, 2.24) is 10.0 Å². The number of halogens is 4. The van der Waals surface area contributed by atoms with E-state index < -0.39 is 56.9 Å². The fourth-order valence-electron chi connectivity index (χ4n) is 4.96. The molecule has 0 bridgehead atoms. The Labute approximate surface area is 267 Å². The molecule has 3 aromatic rings. The predicted octanol–water partition coefficient (Wildman–Crippen LogP) is 5.88. The van der Waals surface area contributed by atoms with Gasteiger partial charge in [-0.15, -0.1) is 0 Å². The highest BCUT2D eigenvalue weighted by Gasteiger charge is 2.56. The molecule has 0 radical (unpaired) electrons. The van der Waals surface area contributed by atoms with Crippen molar-refractivity contribution < 1.29 is 45.9 Å². The van der Waals surface area contributed by atoms with Gasteiger partial charge >= 0.3 is 6.18 Å². The highest BCUT2D eigenvalue weighted by Crippen LogP contribution is 2.49. The minimum Gasteiger partial charge on any atom is -0.493 e. The Morgan fingerprint density at radius 1 is 1.07 bits per heavy atom. The van der Waals surface area contributed by atoms with E-state index in [0.29, 0.717) is 11.3 Å². The molecule has 1 aliphatic carbocycles. The highest BCUT2D eigenvalue weighted by atomic mass is 32.2. The number of methoxy groups -OCH3 is 1. The molecule has 3 unspecified atom stereocenters. The van der Waals surface area contributed by atoms with Gasteiger partial charge in [-0.2, -0.15) is 13.2 Å². The summed E-state index contributed by atoms with van der Waals surface area (Å²) in [5, 5.41) is 13.7. The number of carbonyl (C=O) groups excluding carboxylic acids is 1. The lowest BCUT2D eigenvalue weighted by atomic mass is 9.84. The van der Waals surface area contributed by atoms with E-state index in [2.05, 4.69) is 10.0 Å². The number of aliphatic hydroxyl groups is 1. The first-order valence-corrected chi connectivity index (χ1v) is 15.8. The van der Waals surface area contributed by atoms with Gasteiger partial charge in [0.1, 0.15) is 18.2 Å². The van der Waals surface area contributed by atoms with E-state index in [4.69, 9.17) is 14.2 Å². The van der Waals surface area contributed by atoms with Crippen LogP contribution in [0, 0.1) is 5.82 Å². The summed E-state index contributed by atoms with van der Waals surface area (Å²) in [4.78, 5) is 13.1. The van der Waals surface area contributed by atoms with Crippen molar-refractivity contribution in [3.63, 3.8) is 0 Å². The molecule has 1 amide bonds. The molecule has 1 fully saturated rings. The summed E-state index contributed by atoms with van der Waals surface area (Å²) in [5.41, 5.74) is -4.69. The summed E-state index contributed by atoms with van der Waals surface area (Å²) in [5.74, 6) is -0.582. The third kappa shape index (κ3) is 6.72. The van der Waals surface area contributed by atoms with Crippen LogP contribution in [0.3, 0.4) is 0 Å². The van der Waals surface area contributed by atoms with E-state index >= 15 is 0 Å². The molecule has 0 aromatic heterocycles. The smallest absolute Gasteiger partial charge is 0.423 e. The van der Waals surface area contributed by atoms with Crippen molar-refractivity contribution in [2.45, 2.75) is 68.7 Å². The Morgan fingerprint density at radius 2 is 1.74 bits per heavy atom. The topological polar surface area (TPSA) is 106 Å². The van der Waals surface area contributed by atoms with Crippen LogP contribution in [-0.2, 0) is 22.1 Å². The first-order chi connectivity index (χ1) is 21.4. The van der Waals surface area contributed by atoms with E-state index in [1.54, 1.807) is 27.7 Å². The minimum absolute atomic E-state index is 0.000288. The van der Waals surface area contributed by atoms with E-state index in [1.807, 2.05) is 0 Å². The number of alkyl halides is 3. The van der Waals surface area contributed by atoms with Gasteiger partial charge < -0.3 is 24.6 Å². The van der Waals surface area contributed by atoms with Gasteiger partial charge in [0, 0.05) is 16.7 Å². The Morgan fingerprint density at radius 3 is 2.33 bits per heavy atom. The lowest BCUT2D eigenvalue weighted by Gasteiger charge is -2.33. The molecule has 13 heteroatoms. The number of rotatable bonds is 10. The number of nitrogens with one attached hydrogen (secondary N) is 2. The molecule has 248 valence electrons. The number of benzene rings is 3. The maximum Gasteiger partial charge on any atom is 0.423 e. The lowest BCUT2D eigenvalue weighted by Crippen LogP contribution is -2.51. The van der Waals surface area contributed by atoms with Crippen molar-refractivity contribution in [3.8, 4) is 28.4 Å². The van der Waals surface area contributed by atoms with Gasteiger partial charge in [-0.25, -0.2) is 13.3 Å². The van der Waals surface area contributed by atoms with Gasteiger partial charge in [-0.1, -0.05) is 12.1 Å². The van der Waals surface area contributed by atoms with Gasteiger partial charge in [-0.3, -0.25) is 4.79 Å². The van der Waals surface area contributed by atoms with Crippen LogP contribution >= 0.6 is 0 Å². The fourth-order valence-corrected chi connectivity index (χ4v) is 5.85. The molecule has 0 saturated heterocycles. The maximum atomic E-state index is 14.9. The van der Waals surface area contributed by atoms with Crippen LogP contribution in [0.4, 0.5) is 17.6 Å². The van der Waals surface area contributed by atoms with Crippen molar-refractivity contribution in [1.29, 1.82) is 0 Å². The van der Waals surface area contributed by atoms with E-state index in [0.717, 1.165) is 37.1 Å². The summed E-state index contributed by atoms with van der Waals surface area (Å²) in [6.45, 7) is 5.55. The van der Waals surface area contributed by atoms with Crippen molar-refractivity contribution in [2.75, 3.05) is 20.3 Å². The second kappa shape index (κ2) is 12.2. The van der Waals surface area contributed by atoms with Gasteiger partial charge in [0.2, 0.25) is 5.60 Å². The lowest BCUT2D eigenvalue weighted by molar-refractivity contribution is -0.263. The number of amides is 1. The molecule has 2 aliphatic rings. The molecule has 46 heavy (non-hydrogen) atoms. The van der Waals surface area contributed by atoms with Gasteiger partial charge in [-0.05, 0) is 94.1 Å². The van der Waals surface area contributed by atoms with Crippen molar-refractivity contribution in [2.24, 2.45) is 0 Å². The second-order valence-corrected chi connectivity index (χ2v) is 14.7. The number of hydrogen-bond acceptors (Lipinski definition) is 6. The third-order valence-electron chi connectivity index (χ3n) is 7.91. The van der Waals surface area contributed by atoms with Crippen LogP contribution in [0.5, 0.6) is 17.2 Å². The largest absolute Gasteiger partial charge is 0.493 e. The molecule has 8 nitrogen and oxygen atoms in total. The maximum absolute atomic E-state index is 14.9. The Bertz CT molecular complexity index is 1660. The standard InChI is InChI=1S/C33H36F4N2O6S/c1-30(2,3)46(42)39-31(4)18-44-28-24(19-6-9-22(34)10-7-19)15-21(16-25(28)31)32(41,33(35,36)37)17-38-29(40)20-8-13-26(27(14-20)43-5)45-23-11-12-23/h6-10,13-16,23,39,41H,11-12,17-18H2,1-5H3,(H,38,40). The van der Waals surface area contributed by atoms with Crippen LogP contribution < -0.4 is 24.2 Å². The monoisotopic (exact) mass is 664 g/mol. The zero-order valence-corrected chi connectivity index (χ0v) is 26.8. The molecule has 1 aliphatic heterocycles. The number of ether oxygens (including phenoxy) is 3. The summed E-state index contributed by atoms with van der Waals surface area (Å²) in [6.07, 6.45) is -3.42. The molecular weight excluding hydrogens is 628 g/mol. The molecule has 0 spiro atoms. The Kier molecular flexibility index (Phi) is 8.90. The molecular formula is C33H36F4N2O6S. The normalized spacial score (nSPS) is 19.9. The zero-order valence-electron chi connectivity index (χ0n) is 26.0. The first-order valence-electron chi connectivity index (χ1n) is 14.6. The van der Waals surface area contributed by atoms with Crippen LogP contribution in [0.25, 0.3) is 11.1 Å². The van der Waals surface area contributed by atoms with Crippen LogP contribution in [-0.4, -0.2) is 52.5 Å². The Balaban J connectivity index is 1.54. The van der Waals surface area contributed by atoms with Gasteiger partial charge in [0.15, 0.2) is 11.5 Å². The number of carbonyl (C=O) groups is 1. The van der Waals surface area contributed by atoms with E-state index in [1.165, 1.54) is 37.4 Å². The van der Waals surface area contributed by atoms with Crippen molar-refractivity contribution in [3.05, 3.63) is 77.1 Å². The number of hydrogen-bond donors (Lipinski definition) is 3.